The Morgan fingerprint density at radius 3 is 2.81 bits per heavy atom. The number of fused-ring (bicyclic) bond motifs is 1. The maximum Gasteiger partial charge on any atom is 0.252 e. The van der Waals surface area contributed by atoms with Crippen LogP contribution in [0.5, 0.6) is 0 Å². The SMILES string of the molecule is Cc1nn(C)c2nc(NCCCN(C)C)c(C(N)=O)cc12. The van der Waals surface area contributed by atoms with Crippen LogP contribution in [-0.4, -0.2) is 52.8 Å². The standard InChI is InChI=1S/C14H22N6O/c1-9-10-8-11(12(15)21)13(16-6-5-7-19(2)3)17-14(10)20(4)18-9/h8H,5-7H2,1-4H3,(H2,15,21)(H,16,17). The molecule has 0 saturated carbocycles. The normalized spacial score (nSPS) is 11.3. The van der Waals surface area contributed by atoms with E-state index in [1.807, 2.05) is 28.1 Å². The van der Waals surface area contributed by atoms with Gasteiger partial charge in [0.25, 0.3) is 5.91 Å². The largest absolute Gasteiger partial charge is 0.369 e. The summed E-state index contributed by atoms with van der Waals surface area (Å²) >= 11 is 0. The van der Waals surface area contributed by atoms with Gasteiger partial charge in [-0.3, -0.25) is 9.48 Å². The molecule has 0 bridgehead atoms. The van der Waals surface area contributed by atoms with Crippen molar-refractivity contribution in [3.8, 4) is 0 Å². The summed E-state index contributed by atoms with van der Waals surface area (Å²) in [6, 6.07) is 1.77. The monoisotopic (exact) mass is 290 g/mol. The average molecular weight is 290 g/mol. The number of nitrogens with zero attached hydrogens (tertiary/aromatic N) is 4. The van der Waals surface area contributed by atoms with Crippen LogP contribution < -0.4 is 11.1 Å². The van der Waals surface area contributed by atoms with Gasteiger partial charge in [-0.2, -0.15) is 5.10 Å². The number of anilines is 1. The summed E-state index contributed by atoms with van der Waals surface area (Å²) in [4.78, 5) is 18.2. The molecule has 2 aromatic rings. The lowest BCUT2D eigenvalue weighted by Crippen LogP contribution is -2.19. The Hall–Kier alpha value is -2.15. The summed E-state index contributed by atoms with van der Waals surface area (Å²) in [6.07, 6.45) is 0.954. The Morgan fingerprint density at radius 2 is 2.19 bits per heavy atom. The fraction of sp³-hybridized carbons (Fsp3) is 0.500. The zero-order valence-electron chi connectivity index (χ0n) is 13.0. The van der Waals surface area contributed by atoms with Crippen LogP contribution in [0.25, 0.3) is 11.0 Å². The molecule has 0 aliphatic heterocycles. The smallest absolute Gasteiger partial charge is 0.252 e. The molecule has 0 atom stereocenters. The minimum absolute atomic E-state index is 0.406. The van der Waals surface area contributed by atoms with Gasteiger partial charge < -0.3 is 16.0 Å². The fourth-order valence-electron chi connectivity index (χ4n) is 2.27. The second-order valence-corrected chi connectivity index (χ2v) is 5.41. The highest BCUT2D eigenvalue weighted by molar-refractivity contribution is 6.01. The van der Waals surface area contributed by atoms with Crippen molar-refractivity contribution in [2.75, 3.05) is 32.5 Å². The lowest BCUT2D eigenvalue weighted by molar-refractivity contribution is 0.100. The highest BCUT2D eigenvalue weighted by atomic mass is 16.1. The van der Waals surface area contributed by atoms with E-state index >= 15 is 0 Å². The molecule has 7 heteroatoms. The van der Waals surface area contributed by atoms with Gasteiger partial charge in [0, 0.05) is 19.0 Å². The van der Waals surface area contributed by atoms with Gasteiger partial charge in [-0.25, -0.2) is 4.98 Å². The van der Waals surface area contributed by atoms with E-state index in [9.17, 15) is 4.79 Å². The van der Waals surface area contributed by atoms with Crippen molar-refractivity contribution in [2.45, 2.75) is 13.3 Å². The first-order chi connectivity index (χ1) is 9.90. The zero-order valence-corrected chi connectivity index (χ0v) is 13.0. The van der Waals surface area contributed by atoms with Gasteiger partial charge >= 0.3 is 0 Å². The van der Waals surface area contributed by atoms with Crippen molar-refractivity contribution in [2.24, 2.45) is 12.8 Å². The van der Waals surface area contributed by atoms with E-state index in [4.69, 9.17) is 5.73 Å². The van der Waals surface area contributed by atoms with Gasteiger partial charge in [0.1, 0.15) is 5.82 Å². The van der Waals surface area contributed by atoms with Gasteiger partial charge in [0.15, 0.2) is 5.65 Å². The summed E-state index contributed by atoms with van der Waals surface area (Å²) in [5.41, 5.74) is 7.44. The van der Waals surface area contributed by atoms with Crippen molar-refractivity contribution in [3.05, 3.63) is 17.3 Å². The van der Waals surface area contributed by atoms with E-state index < -0.39 is 5.91 Å². The predicted octanol–water partition coefficient (Wildman–Crippen LogP) is 0.739. The van der Waals surface area contributed by atoms with Crippen LogP contribution >= 0.6 is 0 Å². The molecule has 7 nitrogen and oxygen atoms in total. The Bertz CT molecular complexity index is 661. The topological polar surface area (TPSA) is 89.1 Å². The number of aryl methyl sites for hydroxylation is 2. The minimum Gasteiger partial charge on any atom is -0.369 e. The molecule has 2 heterocycles. The molecule has 0 spiro atoms. The molecule has 114 valence electrons. The number of nitrogens with one attached hydrogen (secondary N) is 1. The quantitative estimate of drug-likeness (QED) is 0.766. The lowest BCUT2D eigenvalue weighted by Gasteiger charge is -2.12. The number of rotatable bonds is 6. The minimum atomic E-state index is -0.484. The average Bonchev–Trinajstić information content (AvgIpc) is 2.68. The second kappa shape index (κ2) is 6.09. The number of nitrogens with two attached hydrogens (primary N) is 1. The van der Waals surface area contributed by atoms with E-state index in [0.717, 1.165) is 36.2 Å². The molecule has 21 heavy (non-hydrogen) atoms. The molecule has 0 aliphatic carbocycles. The highest BCUT2D eigenvalue weighted by Gasteiger charge is 2.15. The first-order valence-corrected chi connectivity index (χ1v) is 6.93. The van der Waals surface area contributed by atoms with E-state index in [0.29, 0.717) is 11.4 Å². The molecule has 2 rings (SSSR count). The number of aromatic nitrogens is 3. The van der Waals surface area contributed by atoms with Crippen molar-refractivity contribution >= 4 is 22.8 Å². The first kappa shape index (κ1) is 15.2. The van der Waals surface area contributed by atoms with Gasteiger partial charge in [-0.1, -0.05) is 0 Å². The van der Waals surface area contributed by atoms with Gasteiger partial charge in [-0.15, -0.1) is 0 Å². The molecular weight excluding hydrogens is 268 g/mol. The van der Waals surface area contributed by atoms with Crippen molar-refractivity contribution in [3.63, 3.8) is 0 Å². The Morgan fingerprint density at radius 1 is 1.48 bits per heavy atom. The molecule has 1 amide bonds. The van der Waals surface area contributed by atoms with Crippen LogP contribution in [0.15, 0.2) is 6.07 Å². The maximum atomic E-state index is 11.6. The molecule has 0 radical (unpaired) electrons. The number of pyridine rings is 1. The van der Waals surface area contributed by atoms with E-state index in [1.165, 1.54) is 0 Å². The van der Waals surface area contributed by atoms with Crippen LogP contribution in [0.2, 0.25) is 0 Å². The molecule has 0 fully saturated rings. The predicted molar refractivity (Wildman–Crippen MR) is 83.4 cm³/mol. The van der Waals surface area contributed by atoms with Crippen LogP contribution in [0.3, 0.4) is 0 Å². The number of carbonyl (C=O) groups excluding carboxylic acids is 1. The molecule has 0 aliphatic rings. The number of hydrogen-bond acceptors (Lipinski definition) is 5. The van der Waals surface area contributed by atoms with E-state index in [-0.39, 0.29) is 0 Å². The lowest BCUT2D eigenvalue weighted by atomic mass is 10.1. The number of primary amides is 1. The molecule has 0 unspecified atom stereocenters. The van der Waals surface area contributed by atoms with E-state index in [2.05, 4.69) is 20.3 Å². The van der Waals surface area contributed by atoms with Crippen LogP contribution in [0.1, 0.15) is 22.5 Å². The Labute approximate surface area is 124 Å². The van der Waals surface area contributed by atoms with Crippen LogP contribution in [0, 0.1) is 6.92 Å². The molecule has 0 aromatic carbocycles. The van der Waals surface area contributed by atoms with Crippen LogP contribution in [-0.2, 0) is 7.05 Å². The number of carbonyl (C=O) groups is 1. The summed E-state index contributed by atoms with van der Waals surface area (Å²) < 4.78 is 1.71. The molecule has 0 saturated heterocycles. The molecule has 3 N–H and O–H groups in total. The summed E-state index contributed by atoms with van der Waals surface area (Å²) in [5, 5.41) is 8.37. The van der Waals surface area contributed by atoms with Crippen molar-refractivity contribution in [1.82, 2.24) is 19.7 Å². The Balaban J connectivity index is 2.30. The van der Waals surface area contributed by atoms with Crippen molar-refractivity contribution < 1.29 is 4.79 Å². The Kier molecular flexibility index (Phi) is 4.42. The molecule has 2 aromatic heterocycles. The third kappa shape index (κ3) is 3.30. The van der Waals surface area contributed by atoms with Gasteiger partial charge in [0.2, 0.25) is 0 Å². The first-order valence-electron chi connectivity index (χ1n) is 6.93. The van der Waals surface area contributed by atoms with Gasteiger partial charge in [-0.05, 0) is 40.1 Å². The maximum absolute atomic E-state index is 11.6. The third-order valence-electron chi connectivity index (χ3n) is 3.34. The zero-order chi connectivity index (χ0) is 15.6. The second-order valence-electron chi connectivity index (χ2n) is 5.41. The summed E-state index contributed by atoms with van der Waals surface area (Å²) in [6.45, 7) is 3.58. The highest BCUT2D eigenvalue weighted by Crippen LogP contribution is 2.22. The summed E-state index contributed by atoms with van der Waals surface area (Å²) in [5.74, 6) is 0.0412. The molecular formula is C14H22N6O. The van der Waals surface area contributed by atoms with Crippen LogP contribution in [0.4, 0.5) is 5.82 Å². The van der Waals surface area contributed by atoms with Crippen molar-refractivity contribution in [1.29, 1.82) is 0 Å². The fourth-order valence-corrected chi connectivity index (χ4v) is 2.27. The third-order valence-corrected chi connectivity index (χ3v) is 3.34. The number of hydrogen-bond donors (Lipinski definition) is 2. The van der Waals surface area contributed by atoms with E-state index in [1.54, 1.807) is 10.7 Å². The number of amides is 1. The summed E-state index contributed by atoms with van der Waals surface area (Å²) in [7, 11) is 5.89. The van der Waals surface area contributed by atoms with Gasteiger partial charge in [0.05, 0.1) is 11.3 Å².